The van der Waals surface area contributed by atoms with Crippen LogP contribution in [0, 0.1) is 0 Å². The molecular formula is C19H17N3O4S. The molecule has 0 aliphatic rings. The number of ether oxygens (including phenoxy) is 1. The van der Waals surface area contributed by atoms with Gasteiger partial charge in [-0.2, -0.15) is 0 Å². The van der Waals surface area contributed by atoms with E-state index < -0.39 is 10.0 Å². The summed E-state index contributed by atoms with van der Waals surface area (Å²) in [5, 5.41) is 2.66. The average Bonchev–Trinajstić information content (AvgIpc) is 2.69. The smallest absolute Gasteiger partial charge is 0.262 e. The highest BCUT2D eigenvalue weighted by atomic mass is 32.2. The lowest BCUT2D eigenvalue weighted by atomic mass is 10.2. The van der Waals surface area contributed by atoms with Crippen LogP contribution in [0.15, 0.2) is 78.0 Å². The van der Waals surface area contributed by atoms with Gasteiger partial charge in [0, 0.05) is 18.1 Å². The minimum absolute atomic E-state index is 0.0115. The molecule has 7 nitrogen and oxygen atoms in total. The normalized spacial score (nSPS) is 10.9. The van der Waals surface area contributed by atoms with Gasteiger partial charge in [-0.25, -0.2) is 8.42 Å². The molecule has 8 heteroatoms. The fraction of sp³-hybridized carbons (Fsp3) is 0.0526. The van der Waals surface area contributed by atoms with E-state index in [2.05, 4.69) is 15.0 Å². The van der Waals surface area contributed by atoms with Gasteiger partial charge in [0.15, 0.2) is 0 Å². The fourth-order valence-electron chi connectivity index (χ4n) is 2.37. The summed E-state index contributed by atoms with van der Waals surface area (Å²) in [6.45, 7) is 0. The number of carbonyl (C=O) groups is 1. The summed E-state index contributed by atoms with van der Waals surface area (Å²) >= 11 is 0. The minimum atomic E-state index is -3.86. The van der Waals surface area contributed by atoms with Crippen LogP contribution >= 0.6 is 0 Å². The Bertz CT molecular complexity index is 1050. The monoisotopic (exact) mass is 383 g/mol. The molecule has 1 heterocycles. The fourth-order valence-corrected chi connectivity index (χ4v) is 3.49. The van der Waals surface area contributed by atoms with E-state index in [0.29, 0.717) is 22.7 Å². The highest BCUT2D eigenvalue weighted by molar-refractivity contribution is 7.92. The second-order valence-electron chi connectivity index (χ2n) is 5.53. The maximum atomic E-state index is 12.7. The lowest BCUT2D eigenvalue weighted by Gasteiger charge is -2.12. The molecule has 2 N–H and O–H groups in total. The molecule has 0 fully saturated rings. The van der Waals surface area contributed by atoms with E-state index >= 15 is 0 Å². The number of hydrogen-bond acceptors (Lipinski definition) is 5. The number of benzene rings is 2. The van der Waals surface area contributed by atoms with Crippen molar-refractivity contribution in [3.05, 3.63) is 78.6 Å². The number of pyridine rings is 1. The summed E-state index contributed by atoms with van der Waals surface area (Å²) in [7, 11) is -2.40. The summed E-state index contributed by atoms with van der Waals surface area (Å²) in [5.74, 6) is 0.0254. The van der Waals surface area contributed by atoms with Gasteiger partial charge in [0.1, 0.15) is 5.75 Å². The third-order valence-electron chi connectivity index (χ3n) is 3.68. The Morgan fingerprint density at radius 3 is 2.59 bits per heavy atom. The van der Waals surface area contributed by atoms with E-state index in [9.17, 15) is 13.2 Å². The zero-order chi connectivity index (χ0) is 19.3. The van der Waals surface area contributed by atoms with Crippen LogP contribution in [0.1, 0.15) is 10.4 Å². The molecule has 0 atom stereocenters. The van der Waals surface area contributed by atoms with Crippen molar-refractivity contribution in [2.24, 2.45) is 0 Å². The largest absolute Gasteiger partial charge is 0.495 e. The van der Waals surface area contributed by atoms with E-state index in [4.69, 9.17) is 4.74 Å². The predicted molar refractivity (Wildman–Crippen MR) is 102 cm³/mol. The van der Waals surface area contributed by atoms with Crippen LogP contribution in [-0.2, 0) is 10.0 Å². The zero-order valence-corrected chi connectivity index (χ0v) is 15.2. The number of sulfonamides is 1. The first kappa shape index (κ1) is 18.4. The lowest BCUT2D eigenvalue weighted by Crippen LogP contribution is -2.15. The second kappa shape index (κ2) is 7.88. The van der Waals surface area contributed by atoms with Crippen LogP contribution in [-0.4, -0.2) is 26.4 Å². The molecule has 3 rings (SSSR count). The number of nitrogens with one attached hydrogen (secondary N) is 2. The number of rotatable bonds is 6. The van der Waals surface area contributed by atoms with Crippen LogP contribution in [0.25, 0.3) is 0 Å². The van der Waals surface area contributed by atoms with E-state index in [1.807, 2.05) is 0 Å². The van der Waals surface area contributed by atoms with Crippen molar-refractivity contribution in [1.82, 2.24) is 4.98 Å². The van der Waals surface area contributed by atoms with Crippen molar-refractivity contribution < 1.29 is 17.9 Å². The van der Waals surface area contributed by atoms with Crippen molar-refractivity contribution in [3.8, 4) is 5.75 Å². The molecule has 3 aromatic rings. The van der Waals surface area contributed by atoms with E-state index in [0.717, 1.165) is 0 Å². The predicted octanol–water partition coefficient (Wildman–Crippen LogP) is 3.14. The summed E-state index contributed by atoms with van der Waals surface area (Å²) in [6.07, 6.45) is 2.99. The first-order valence-electron chi connectivity index (χ1n) is 7.97. The molecule has 0 spiro atoms. The maximum Gasteiger partial charge on any atom is 0.262 e. The number of hydrogen-bond donors (Lipinski definition) is 2. The number of amides is 1. The summed E-state index contributed by atoms with van der Waals surface area (Å²) in [5.41, 5.74) is 1.05. The van der Waals surface area contributed by atoms with E-state index in [1.54, 1.807) is 54.7 Å². The molecule has 0 saturated carbocycles. The standard InChI is InChI=1S/C19H17N3O4S/c1-26-18-10-3-2-9-17(18)22-27(24,25)16-8-4-7-15(12-16)21-19(23)14-6-5-11-20-13-14/h2-13,22H,1H3,(H,21,23). The van der Waals surface area contributed by atoms with Crippen LogP contribution in [0.3, 0.4) is 0 Å². The van der Waals surface area contributed by atoms with Crippen LogP contribution in [0.5, 0.6) is 5.75 Å². The van der Waals surface area contributed by atoms with E-state index in [1.165, 1.54) is 25.4 Å². The van der Waals surface area contributed by atoms with Crippen LogP contribution in [0.4, 0.5) is 11.4 Å². The van der Waals surface area contributed by atoms with Crippen LogP contribution in [0.2, 0.25) is 0 Å². The van der Waals surface area contributed by atoms with Crippen molar-refractivity contribution in [2.75, 3.05) is 17.1 Å². The van der Waals surface area contributed by atoms with Crippen molar-refractivity contribution >= 4 is 27.3 Å². The topological polar surface area (TPSA) is 97.4 Å². The first-order chi connectivity index (χ1) is 13.0. The second-order valence-corrected chi connectivity index (χ2v) is 7.21. The van der Waals surface area contributed by atoms with Gasteiger partial charge in [0.05, 0.1) is 23.3 Å². The molecular weight excluding hydrogens is 366 g/mol. The molecule has 0 saturated heterocycles. The number of anilines is 2. The van der Waals surface area contributed by atoms with Gasteiger partial charge in [-0.3, -0.25) is 14.5 Å². The molecule has 0 unspecified atom stereocenters. The minimum Gasteiger partial charge on any atom is -0.495 e. The zero-order valence-electron chi connectivity index (χ0n) is 14.4. The summed E-state index contributed by atoms with van der Waals surface area (Å²) < 4.78 is 33.0. The Morgan fingerprint density at radius 2 is 1.85 bits per heavy atom. The summed E-state index contributed by atoms with van der Waals surface area (Å²) in [4.78, 5) is 16.1. The first-order valence-corrected chi connectivity index (χ1v) is 9.45. The molecule has 1 aromatic heterocycles. The number of methoxy groups -OCH3 is 1. The van der Waals surface area contributed by atoms with E-state index in [-0.39, 0.29) is 10.8 Å². The molecule has 0 aliphatic carbocycles. The third-order valence-corrected chi connectivity index (χ3v) is 5.04. The van der Waals surface area contributed by atoms with Crippen molar-refractivity contribution in [1.29, 1.82) is 0 Å². The number of para-hydroxylation sites is 2. The lowest BCUT2D eigenvalue weighted by molar-refractivity contribution is 0.102. The summed E-state index contributed by atoms with van der Waals surface area (Å²) in [6, 6.07) is 15.9. The number of nitrogens with zero attached hydrogens (tertiary/aromatic N) is 1. The van der Waals surface area contributed by atoms with Crippen molar-refractivity contribution in [2.45, 2.75) is 4.90 Å². The Hall–Kier alpha value is -3.39. The highest BCUT2D eigenvalue weighted by Crippen LogP contribution is 2.26. The molecule has 2 aromatic carbocycles. The number of aromatic nitrogens is 1. The van der Waals surface area contributed by atoms with Gasteiger partial charge in [-0.1, -0.05) is 18.2 Å². The maximum absolute atomic E-state index is 12.7. The molecule has 138 valence electrons. The number of carbonyl (C=O) groups excluding carboxylic acids is 1. The van der Waals surface area contributed by atoms with Gasteiger partial charge in [0.2, 0.25) is 0 Å². The highest BCUT2D eigenvalue weighted by Gasteiger charge is 2.17. The van der Waals surface area contributed by atoms with Gasteiger partial charge in [-0.15, -0.1) is 0 Å². The Kier molecular flexibility index (Phi) is 5.37. The van der Waals surface area contributed by atoms with Gasteiger partial charge >= 0.3 is 0 Å². The van der Waals surface area contributed by atoms with Gasteiger partial charge < -0.3 is 10.1 Å². The Labute approximate surface area is 157 Å². The van der Waals surface area contributed by atoms with Gasteiger partial charge in [-0.05, 0) is 42.5 Å². The Balaban J connectivity index is 1.83. The third kappa shape index (κ3) is 4.42. The van der Waals surface area contributed by atoms with Crippen molar-refractivity contribution in [3.63, 3.8) is 0 Å². The quantitative estimate of drug-likeness (QED) is 0.681. The molecule has 27 heavy (non-hydrogen) atoms. The SMILES string of the molecule is COc1ccccc1NS(=O)(=O)c1cccc(NC(=O)c2cccnc2)c1. The van der Waals surface area contributed by atoms with Crippen LogP contribution < -0.4 is 14.8 Å². The Morgan fingerprint density at radius 1 is 1.04 bits per heavy atom. The van der Waals surface area contributed by atoms with Gasteiger partial charge in [0.25, 0.3) is 15.9 Å². The molecule has 0 radical (unpaired) electrons. The molecule has 1 amide bonds. The molecule has 0 aliphatic heterocycles. The molecule has 0 bridgehead atoms. The average molecular weight is 383 g/mol.